The van der Waals surface area contributed by atoms with Crippen LogP contribution < -0.4 is 10.1 Å². The summed E-state index contributed by atoms with van der Waals surface area (Å²) in [5.41, 5.74) is 3.35. The number of carbonyl (C=O) groups excluding carboxylic acids is 1. The Labute approximate surface area is 182 Å². The van der Waals surface area contributed by atoms with Crippen molar-refractivity contribution in [1.82, 2.24) is 30.0 Å². The number of H-pyrrole nitrogens is 1. The molecule has 2 N–H and O–H groups in total. The molecule has 8 nitrogen and oxygen atoms in total. The molecule has 1 aliphatic heterocycles. The standard InChI is InChI=1S/C23H30N6O2/c1-4-29-15-16(13-25-29)14-28-11-9-18(10-12-28)22-26-20(21(27-22)23(30)24-2)17-5-7-19(31-3)8-6-17/h5-8,13,15,18H,4,9-12,14H2,1-3H3,(H,24,30)(H,26,27). The van der Waals surface area contributed by atoms with Crippen LogP contribution in [0.3, 0.4) is 0 Å². The SMILES string of the molecule is CCn1cc(CN2CCC(c3nc(-c4ccc(OC)cc4)c(C(=O)NC)[nH]3)CC2)cn1. The first-order valence-corrected chi connectivity index (χ1v) is 10.8. The number of aromatic nitrogens is 4. The average molecular weight is 423 g/mol. The van der Waals surface area contributed by atoms with Crippen molar-refractivity contribution in [3.05, 3.63) is 53.7 Å². The van der Waals surface area contributed by atoms with E-state index in [0.717, 1.165) is 56.2 Å². The lowest BCUT2D eigenvalue weighted by Gasteiger charge is -2.30. The van der Waals surface area contributed by atoms with Crippen molar-refractivity contribution in [2.24, 2.45) is 0 Å². The van der Waals surface area contributed by atoms with Crippen LogP contribution in [-0.2, 0) is 13.1 Å². The molecule has 1 aromatic carbocycles. The summed E-state index contributed by atoms with van der Waals surface area (Å²) in [6, 6.07) is 7.64. The van der Waals surface area contributed by atoms with Crippen molar-refractivity contribution in [2.45, 2.75) is 38.8 Å². The fourth-order valence-electron chi connectivity index (χ4n) is 4.12. The van der Waals surface area contributed by atoms with Crippen LogP contribution in [-0.4, -0.2) is 57.8 Å². The monoisotopic (exact) mass is 422 g/mol. The van der Waals surface area contributed by atoms with Crippen molar-refractivity contribution in [1.29, 1.82) is 0 Å². The summed E-state index contributed by atoms with van der Waals surface area (Å²) in [5, 5.41) is 7.09. The molecule has 0 bridgehead atoms. The molecule has 1 aliphatic rings. The minimum atomic E-state index is -0.157. The zero-order valence-corrected chi connectivity index (χ0v) is 18.4. The summed E-state index contributed by atoms with van der Waals surface area (Å²) < 4.78 is 7.21. The maximum Gasteiger partial charge on any atom is 0.269 e. The number of benzene rings is 1. The van der Waals surface area contributed by atoms with E-state index in [1.165, 1.54) is 5.56 Å². The van der Waals surface area contributed by atoms with Gasteiger partial charge in [-0.1, -0.05) is 0 Å². The van der Waals surface area contributed by atoms with Crippen molar-refractivity contribution in [3.63, 3.8) is 0 Å². The molecular weight excluding hydrogens is 392 g/mol. The van der Waals surface area contributed by atoms with Crippen LogP contribution in [0.15, 0.2) is 36.7 Å². The van der Waals surface area contributed by atoms with Gasteiger partial charge in [0.15, 0.2) is 0 Å². The smallest absolute Gasteiger partial charge is 0.269 e. The third kappa shape index (κ3) is 4.64. The Kier molecular flexibility index (Phi) is 6.36. The number of likely N-dealkylation sites (tertiary alicyclic amines) is 1. The zero-order valence-electron chi connectivity index (χ0n) is 18.4. The summed E-state index contributed by atoms with van der Waals surface area (Å²) in [6.45, 7) is 5.90. The predicted octanol–water partition coefficient (Wildman–Crippen LogP) is 3.04. The summed E-state index contributed by atoms with van der Waals surface area (Å²) >= 11 is 0. The highest BCUT2D eigenvalue weighted by atomic mass is 16.5. The second-order valence-electron chi connectivity index (χ2n) is 7.91. The molecule has 0 saturated carbocycles. The maximum atomic E-state index is 12.5. The minimum absolute atomic E-state index is 0.157. The fraction of sp³-hybridized carbons (Fsp3) is 0.435. The van der Waals surface area contributed by atoms with Gasteiger partial charge in [-0.2, -0.15) is 5.10 Å². The number of carbonyl (C=O) groups is 1. The van der Waals surface area contributed by atoms with Gasteiger partial charge in [-0.05, 0) is 57.1 Å². The molecule has 0 spiro atoms. The third-order valence-corrected chi connectivity index (χ3v) is 5.93. The van der Waals surface area contributed by atoms with Crippen LogP contribution in [0.2, 0.25) is 0 Å². The Bertz CT molecular complexity index is 1020. The molecular formula is C23H30N6O2. The molecule has 1 fully saturated rings. The number of aromatic amines is 1. The van der Waals surface area contributed by atoms with Crippen molar-refractivity contribution in [3.8, 4) is 17.0 Å². The van der Waals surface area contributed by atoms with Gasteiger partial charge in [0.2, 0.25) is 0 Å². The molecule has 164 valence electrons. The molecule has 2 aromatic heterocycles. The molecule has 3 heterocycles. The number of imidazole rings is 1. The highest BCUT2D eigenvalue weighted by molar-refractivity contribution is 5.98. The van der Waals surface area contributed by atoms with E-state index in [0.29, 0.717) is 17.3 Å². The first-order chi connectivity index (χ1) is 15.1. The van der Waals surface area contributed by atoms with Crippen LogP contribution in [0.25, 0.3) is 11.3 Å². The van der Waals surface area contributed by atoms with Crippen LogP contribution in [0.5, 0.6) is 5.75 Å². The minimum Gasteiger partial charge on any atom is -0.497 e. The second kappa shape index (κ2) is 9.34. The van der Waals surface area contributed by atoms with E-state index in [4.69, 9.17) is 9.72 Å². The van der Waals surface area contributed by atoms with Gasteiger partial charge in [0, 0.05) is 43.4 Å². The van der Waals surface area contributed by atoms with E-state index in [2.05, 4.69) is 33.4 Å². The first kappa shape index (κ1) is 21.1. The molecule has 1 amide bonds. The topological polar surface area (TPSA) is 88.1 Å². The molecule has 4 rings (SSSR count). The Morgan fingerprint density at radius 3 is 2.61 bits per heavy atom. The van der Waals surface area contributed by atoms with Crippen LogP contribution in [0, 0.1) is 0 Å². The fourth-order valence-corrected chi connectivity index (χ4v) is 4.12. The number of nitrogens with one attached hydrogen (secondary N) is 2. The summed E-state index contributed by atoms with van der Waals surface area (Å²) in [7, 11) is 3.28. The number of hydrogen-bond donors (Lipinski definition) is 2. The molecule has 3 aromatic rings. The predicted molar refractivity (Wildman–Crippen MR) is 119 cm³/mol. The van der Waals surface area contributed by atoms with Gasteiger partial charge in [-0.15, -0.1) is 0 Å². The Hall–Kier alpha value is -3.13. The van der Waals surface area contributed by atoms with Gasteiger partial charge in [0.25, 0.3) is 5.91 Å². The molecule has 0 aliphatic carbocycles. The number of nitrogens with zero attached hydrogens (tertiary/aromatic N) is 4. The maximum absolute atomic E-state index is 12.5. The Morgan fingerprint density at radius 2 is 2.00 bits per heavy atom. The van der Waals surface area contributed by atoms with Gasteiger partial charge in [0.05, 0.1) is 13.3 Å². The van der Waals surface area contributed by atoms with Crippen molar-refractivity contribution >= 4 is 5.91 Å². The number of amides is 1. The number of aryl methyl sites for hydroxylation is 1. The van der Waals surface area contributed by atoms with Crippen LogP contribution in [0.1, 0.15) is 47.6 Å². The van der Waals surface area contributed by atoms with E-state index in [9.17, 15) is 4.79 Å². The molecule has 31 heavy (non-hydrogen) atoms. The Balaban J connectivity index is 1.48. The number of methoxy groups -OCH3 is 1. The van der Waals surface area contributed by atoms with Crippen LogP contribution in [0.4, 0.5) is 0 Å². The number of rotatable bonds is 7. The number of ether oxygens (including phenoxy) is 1. The number of hydrogen-bond acceptors (Lipinski definition) is 5. The molecule has 0 unspecified atom stereocenters. The first-order valence-electron chi connectivity index (χ1n) is 10.8. The number of piperidine rings is 1. The lowest BCUT2D eigenvalue weighted by Crippen LogP contribution is -2.32. The quantitative estimate of drug-likeness (QED) is 0.611. The normalized spacial score (nSPS) is 15.2. The van der Waals surface area contributed by atoms with Gasteiger partial charge in [-0.3, -0.25) is 14.4 Å². The van der Waals surface area contributed by atoms with Gasteiger partial charge < -0.3 is 15.0 Å². The van der Waals surface area contributed by atoms with Crippen molar-refractivity contribution in [2.75, 3.05) is 27.2 Å². The van der Waals surface area contributed by atoms with E-state index >= 15 is 0 Å². The third-order valence-electron chi connectivity index (χ3n) is 5.93. The molecule has 0 radical (unpaired) electrons. The second-order valence-corrected chi connectivity index (χ2v) is 7.91. The van der Waals surface area contributed by atoms with E-state index in [-0.39, 0.29) is 5.91 Å². The zero-order chi connectivity index (χ0) is 21.8. The molecule has 8 heteroatoms. The average Bonchev–Trinajstić information content (AvgIpc) is 3.46. The van der Waals surface area contributed by atoms with Gasteiger partial charge in [0.1, 0.15) is 23.0 Å². The van der Waals surface area contributed by atoms with Crippen LogP contribution >= 0.6 is 0 Å². The van der Waals surface area contributed by atoms with E-state index in [1.54, 1.807) is 14.2 Å². The summed E-state index contributed by atoms with van der Waals surface area (Å²) in [4.78, 5) is 23.1. The highest BCUT2D eigenvalue weighted by Gasteiger charge is 2.26. The van der Waals surface area contributed by atoms with Gasteiger partial charge in [-0.25, -0.2) is 4.98 Å². The summed E-state index contributed by atoms with van der Waals surface area (Å²) in [6.07, 6.45) is 6.09. The molecule has 0 atom stereocenters. The molecule has 1 saturated heterocycles. The summed E-state index contributed by atoms with van der Waals surface area (Å²) in [5.74, 6) is 1.82. The van der Waals surface area contributed by atoms with E-state index < -0.39 is 0 Å². The lowest BCUT2D eigenvalue weighted by atomic mass is 9.96. The highest BCUT2D eigenvalue weighted by Crippen LogP contribution is 2.31. The van der Waals surface area contributed by atoms with E-state index in [1.807, 2.05) is 35.1 Å². The Morgan fingerprint density at radius 1 is 1.26 bits per heavy atom. The van der Waals surface area contributed by atoms with Gasteiger partial charge >= 0.3 is 0 Å². The lowest BCUT2D eigenvalue weighted by molar-refractivity contribution is 0.0959. The largest absolute Gasteiger partial charge is 0.497 e. The van der Waals surface area contributed by atoms with Crippen molar-refractivity contribution < 1.29 is 9.53 Å².